The summed E-state index contributed by atoms with van der Waals surface area (Å²) < 4.78 is 11.3. The third-order valence-electron chi connectivity index (χ3n) is 5.26. The highest BCUT2D eigenvalue weighted by Crippen LogP contribution is 2.23. The van der Waals surface area contributed by atoms with Crippen LogP contribution in [0.25, 0.3) is 0 Å². The molecule has 27 heavy (non-hydrogen) atoms. The first-order valence-electron chi connectivity index (χ1n) is 9.64. The van der Waals surface area contributed by atoms with E-state index in [1.54, 1.807) is 0 Å². The average molecular weight is 366 g/mol. The quantitative estimate of drug-likeness (QED) is 0.854. The van der Waals surface area contributed by atoms with Crippen LogP contribution in [0.2, 0.25) is 0 Å². The Hall–Kier alpha value is -2.37. The molecular formula is C22H26N2O3. The maximum absolute atomic E-state index is 12.7. The largest absolute Gasteiger partial charge is 0.381 e. The third kappa shape index (κ3) is 4.49. The summed E-state index contributed by atoms with van der Waals surface area (Å²) in [4.78, 5) is 14.5. The Morgan fingerprint density at radius 2 is 1.70 bits per heavy atom. The van der Waals surface area contributed by atoms with Gasteiger partial charge in [0.25, 0.3) is 0 Å². The van der Waals surface area contributed by atoms with E-state index in [1.807, 2.05) is 65.6 Å². The summed E-state index contributed by atoms with van der Waals surface area (Å²) >= 11 is 0. The number of ether oxygens (including phenoxy) is 2. The Morgan fingerprint density at radius 1 is 1.07 bits per heavy atom. The zero-order valence-electron chi connectivity index (χ0n) is 15.4. The molecule has 0 spiro atoms. The number of urea groups is 1. The molecule has 5 heteroatoms. The minimum atomic E-state index is -0.157. The number of carbonyl (C=O) groups excluding carboxylic acids is 1. The van der Waals surface area contributed by atoms with E-state index in [0.717, 1.165) is 37.4 Å². The fourth-order valence-electron chi connectivity index (χ4n) is 3.56. The summed E-state index contributed by atoms with van der Waals surface area (Å²) in [5, 5.41) is 3.18. The normalized spacial score (nSPS) is 19.9. The molecule has 2 fully saturated rings. The van der Waals surface area contributed by atoms with Gasteiger partial charge in [0.05, 0.1) is 38.4 Å². The minimum Gasteiger partial charge on any atom is -0.381 e. The molecule has 1 N–H and O–H groups in total. The van der Waals surface area contributed by atoms with Gasteiger partial charge in [-0.1, -0.05) is 60.7 Å². The summed E-state index contributed by atoms with van der Waals surface area (Å²) in [7, 11) is 0. The van der Waals surface area contributed by atoms with Gasteiger partial charge >= 0.3 is 6.03 Å². The molecule has 0 saturated carbocycles. The first-order chi connectivity index (χ1) is 13.3. The Balaban J connectivity index is 1.33. The molecule has 0 aromatic heterocycles. The summed E-state index contributed by atoms with van der Waals surface area (Å²) in [6.07, 6.45) is 1.22. The Bertz CT molecular complexity index is 686. The Kier molecular flexibility index (Phi) is 5.70. The van der Waals surface area contributed by atoms with Crippen molar-refractivity contribution in [2.45, 2.75) is 18.6 Å². The maximum atomic E-state index is 12.7. The molecule has 2 aromatic rings. The van der Waals surface area contributed by atoms with Crippen molar-refractivity contribution in [2.24, 2.45) is 5.92 Å². The third-order valence-corrected chi connectivity index (χ3v) is 5.26. The molecule has 2 amide bonds. The van der Waals surface area contributed by atoms with Crippen LogP contribution in [0.5, 0.6) is 0 Å². The molecular weight excluding hydrogens is 340 g/mol. The second-order valence-corrected chi connectivity index (χ2v) is 7.29. The van der Waals surface area contributed by atoms with E-state index < -0.39 is 0 Å². The molecule has 4 rings (SSSR count). The van der Waals surface area contributed by atoms with E-state index in [-0.39, 0.29) is 18.2 Å². The fraction of sp³-hybridized carbons (Fsp3) is 0.409. The summed E-state index contributed by atoms with van der Waals surface area (Å²) in [6, 6.07) is 19.9. The van der Waals surface area contributed by atoms with Crippen molar-refractivity contribution in [3.05, 3.63) is 71.8 Å². The number of likely N-dealkylation sites (tertiary alicyclic amines) is 1. The lowest BCUT2D eigenvalue weighted by molar-refractivity contribution is -0.0489. The summed E-state index contributed by atoms with van der Waals surface area (Å²) in [6.45, 7) is 3.67. The summed E-state index contributed by atoms with van der Waals surface area (Å²) in [5.41, 5.74) is 2.15. The molecule has 0 aliphatic carbocycles. The SMILES string of the molecule is O=C(NC(c1ccccc1)c1ccccc1)N1CC(OCC2CCOC2)C1. The van der Waals surface area contributed by atoms with Gasteiger partial charge in [-0.05, 0) is 17.5 Å². The van der Waals surface area contributed by atoms with E-state index in [4.69, 9.17) is 9.47 Å². The molecule has 2 aliphatic rings. The van der Waals surface area contributed by atoms with Crippen LogP contribution in [0.1, 0.15) is 23.6 Å². The number of hydrogen-bond donors (Lipinski definition) is 1. The van der Waals surface area contributed by atoms with Crippen molar-refractivity contribution in [1.82, 2.24) is 10.2 Å². The minimum absolute atomic E-state index is 0.0447. The number of amides is 2. The number of benzene rings is 2. The van der Waals surface area contributed by atoms with Gasteiger partial charge in [0.15, 0.2) is 0 Å². The van der Waals surface area contributed by atoms with Crippen LogP contribution in [0.15, 0.2) is 60.7 Å². The molecule has 2 heterocycles. The van der Waals surface area contributed by atoms with Crippen molar-refractivity contribution in [2.75, 3.05) is 32.9 Å². The van der Waals surface area contributed by atoms with E-state index >= 15 is 0 Å². The molecule has 2 aromatic carbocycles. The highest BCUT2D eigenvalue weighted by Gasteiger charge is 2.33. The van der Waals surface area contributed by atoms with Crippen LogP contribution in [0, 0.1) is 5.92 Å². The van der Waals surface area contributed by atoms with Gasteiger partial charge < -0.3 is 19.7 Å². The van der Waals surface area contributed by atoms with Crippen molar-refractivity contribution < 1.29 is 14.3 Å². The lowest BCUT2D eigenvalue weighted by Gasteiger charge is -2.40. The van der Waals surface area contributed by atoms with Crippen molar-refractivity contribution >= 4 is 6.03 Å². The van der Waals surface area contributed by atoms with Gasteiger partial charge in [0, 0.05) is 12.5 Å². The lowest BCUT2D eigenvalue weighted by atomic mass is 9.99. The predicted molar refractivity (Wildman–Crippen MR) is 103 cm³/mol. The lowest BCUT2D eigenvalue weighted by Crippen LogP contribution is -2.58. The Labute approximate surface area is 160 Å². The first kappa shape index (κ1) is 18.0. The number of carbonyl (C=O) groups is 1. The number of hydrogen-bond acceptors (Lipinski definition) is 3. The van der Waals surface area contributed by atoms with Crippen LogP contribution < -0.4 is 5.32 Å². The van der Waals surface area contributed by atoms with Crippen LogP contribution in [0.3, 0.4) is 0 Å². The number of nitrogens with one attached hydrogen (secondary N) is 1. The highest BCUT2D eigenvalue weighted by molar-refractivity contribution is 5.76. The zero-order valence-corrected chi connectivity index (χ0v) is 15.4. The molecule has 5 nitrogen and oxygen atoms in total. The number of nitrogens with zero attached hydrogens (tertiary/aromatic N) is 1. The topological polar surface area (TPSA) is 50.8 Å². The van der Waals surface area contributed by atoms with E-state index in [0.29, 0.717) is 19.0 Å². The van der Waals surface area contributed by atoms with Crippen molar-refractivity contribution in [3.63, 3.8) is 0 Å². The van der Waals surface area contributed by atoms with E-state index in [2.05, 4.69) is 5.32 Å². The molecule has 1 atom stereocenters. The van der Waals surface area contributed by atoms with Gasteiger partial charge in [-0.25, -0.2) is 4.79 Å². The van der Waals surface area contributed by atoms with E-state index in [9.17, 15) is 4.79 Å². The molecule has 1 unspecified atom stereocenters. The standard InChI is InChI=1S/C22H26N2O3/c25-22(24-13-20(14-24)27-16-17-11-12-26-15-17)23-21(18-7-3-1-4-8-18)19-9-5-2-6-10-19/h1-10,17,20-21H,11-16H2,(H,23,25). The van der Waals surface area contributed by atoms with Crippen molar-refractivity contribution in [1.29, 1.82) is 0 Å². The van der Waals surface area contributed by atoms with Gasteiger partial charge in [-0.2, -0.15) is 0 Å². The van der Waals surface area contributed by atoms with Gasteiger partial charge in [-0.3, -0.25) is 0 Å². The number of rotatable bonds is 6. The van der Waals surface area contributed by atoms with Crippen molar-refractivity contribution in [3.8, 4) is 0 Å². The molecule has 2 aliphatic heterocycles. The summed E-state index contributed by atoms with van der Waals surface area (Å²) in [5.74, 6) is 0.508. The average Bonchev–Trinajstić information content (AvgIpc) is 3.20. The second kappa shape index (κ2) is 8.55. The molecule has 142 valence electrons. The first-order valence-corrected chi connectivity index (χ1v) is 9.64. The van der Waals surface area contributed by atoms with Gasteiger partial charge in [0.1, 0.15) is 0 Å². The van der Waals surface area contributed by atoms with Gasteiger partial charge in [-0.15, -0.1) is 0 Å². The van der Waals surface area contributed by atoms with Crippen LogP contribution >= 0.6 is 0 Å². The highest BCUT2D eigenvalue weighted by atomic mass is 16.5. The molecule has 0 bridgehead atoms. The zero-order chi connectivity index (χ0) is 18.5. The maximum Gasteiger partial charge on any atom is 0.318 e. The fourth-order valence-corrected chi connectivity index (χ4v) is 3.56. The molecule has 2 saturated heterocycles. The van der Waals surface area contributed by atoms with Gasteiger partial charge in [0.2, 0.25) is 0 Å². The van der Waals surface area contributed by atoms with Crippen LogP contribution in [-0.2, 0) is 9.47 Å². The Morgan fingerprint density at radius 3 is 2.26 bits per heavy atom. The predicted octanol–water partition coefficient (Wildman–Crippen LogP) is 3.22. The second-order valence-electron chi connectivity index (χ2n) is 7.29. The van der Waals surface area contributed by atoms with Crippen LogP contribution in [0.4, 0.5) is 4.79 Å². The monoisotopic (exact) mass is 366 g/mol. The van der Waals surface area contributed by atoms with Crippen LogP contribution in [-0.4, -0.2) is 49.9 Å². The van der Waals surface area contributed by atoms with E-state index in [1.165, 1.54) is 0 Å². The smallest absolute Gasteiger partial charge is 0.318 e. The molecule has 0 radical (unpaired) electrons.